The van der Waals surface area contributed by atoms with Crippen molar-refractivity contribution in [1.29, 1.82) is 0 Å². The Morgan fingerprint density at radius 1 is 1.38 bits per heavy atom. The summed E-state index contributed by atoms with van der Waals surface area (Å²) in [5.41, 5.74) is 2.38. The monoisotopic (exact) mass is 284 g/mol. The molecule has 1 saturated carbocycles. The molecule has 0 saturated heterocycles. The predicted molar refractivity (Wildman–Crippen MR) is 80.4 cm³/mol. The molecule has 0 amide bonds. The molecule has 3 aliphatic rings. The summed E-state index contributed by atoms with van der Waals surface area (Å²) in [6, 6.07) is 6.03. The summed E-state index contributed by atoms with van der Waals surface area (Å²) in [6.45, 7) is 2.82. The molecule has 1 aromatic rings. The molecule has 1 fully saturated rings. The number of allylic oxidation sites excluding steroid dienone is 1. The highest BCUT2D eigenvalue weighted by atomic mass is 16.5. The summed E-state index contributed by atoms with van der Waals surface area (Å²) in [5.74, 6) is 2.95. The molecule has 0 unspecified atom stereocenters. The van der Waals surface area contributed by atoms with E-state index in [4.69, 9.17) is 9.47 Å². The van der Waals surface area contributed by atoms with E-state index in [9.17, 15) is 4.79 Å². The molecule has 0 radical (unpaired) electrons. The van der Waals surface area contributed by atoms with Crippen LogP contribution in [0.2, 0.25) is 0 Å². The molecule has 0 spiro atoms. The molecule has 1 aromatic carbocycles. The molecular weight excluding hydrogens is 264 g/mol. The number of carbonyl (C=O) groups is 1. The molecule has 21 heavy (non-hydrogen) atoms. The van der Waals surface area contributed by atoms with Crippen LogP contribution in [0.25, 0.3) is 5.57 Å². The molecule has 2 aliphatic carbocycles. The molecule has 110 valence electrons. The second kappa shape index (κ2) is 4.36. The molecule has 0 aromatic heterocycles. The number of hydrogen-bond acceptors (Lipinski definition) is 3. The van der Waals surface area contributed by atoms with Crippen molar-refractivity contribution < 1.29 is 14.3 Å². The minimum absolute atomic E-state index is 0.165. The standard InChI is InChI=1S/C18H20O3/c1-18-8-7-12-13-4-3-11(20-2)9-16(13)21-10-14(12)15(18)5-6-17(18)19/h3-4,7,9,14-15H,5-6,8,10H2,1-2H3/t14-,15+,18+/m1/s1. The van der Waals surface area contributed by atoms with Gasteiger partial charge in [0.05, 0.1) is 13.7 Å². The van der Waals surface area contributed by atoms with E-state index >= 15 is 0 Å². The van der Waals surface area contributed by atoms with Crippen LogP contribution in [0.3, 0.4) is 0 Å². The van der Waals surface area contributed by atoms with Crippen LogP contribution in [-0.4, -0.2) is 19.5 Å². The van der Waals surface area contributed by atoms with Crippen LogP contribution in [0.15, 0.2) is 24.3 Å². The number of hydrogen-bond donors (Lipinski definition) is 0. The van der Waals surface area contributed by atoms with Crippen LogP contribution < -0.4 is 9.47 Å². The Bertz CT molecular complexity index is 646. The Morgan fingerprint density at radius 2 is 2.24 bits per heavy atom. The Balaban J connectivity index is 1.78. The van der Waals surface area contributed by atoms with Crippen molar-refractivity contribution in [1.82, 2.24) is 0 Å². The van der Waals surface area contributed by atoms with Crippen LogP contribution in [-0.2, 0) is 4.79 Å². The Morgan fingerprint density at radius 3 is 3.05 bits per heavy atom. The number of ether oxygens (including phenoxy) is 2. The van der Waals surface area contributed by atoms with Gasteiger partial charge >= 0.3 is 0 Å². The highest BCUT2D eigenvalue weighted by Crippen LogP contribution is 2.56. The number of carbonyl (C=O) groups excluding carboxylic acids is 1. The first-order valence-corrected chi connectivity index (χ1v) is 7.68. The molecule has 0 N–H and O–H groups in total. The number of benzene rings is 1. The smallest absolute Gasteiger partial charge is 0.139 e. The van der Waals surface area contributed by atoms with E-state index in [1.54, 1.807) is 7.11 Å². The number of Topliss-reactive ketones (excluding diaryl/α,β-unsaturated/α-hetero) is 1. The summed E-state index contributed by atoms with van der Waals surface area (Å²) in [7, 11) is 1.67. The van der Waals surface area contributed by atoms with Gasteiger partial charge in [0.25, 0.3) is 0 Å². The fourth-order valence-electron chi connectivity index (χ4n) is 4.38. The number of methoxy groups -OCH3 is 1. The van der Waals surface area contributed by atoms with Crippen molar-refractivity contribution in [2.45, 2.75) is 26.2 Å². The largest absolute Gasteiger partial charge is 0.497 e. The molecule has 1 aliphatic heterocycles. The van der Waals surface area contributed by atoms with Gasteiger partial charge in [0, 0.05) is 29.4 Å². The van der Waals surface area contributed by atoms with Gasteiger partial charge in [-0.3, -0.25) is 4.79 Å². The first-order valence-electron chi connectivity index (χ1n) is 7.68. The van der Waals surface area contributed by atoms with E-state index in [0.29, 0.717) is 24.2 Å². The van der Waals surface area contributed by atoms with E-state index in [0.717, 1.165) is 30.8 Å². The van der Waals surface area contributed by atoms with Gasteiger partial charge in [-0.25, -0.2) is 0 Å². The van der Waals surface area contributed by atoms with Gasteiger partial charge in [0.15, 0.2) is 0 Å². The molecule has 1 heterocycles. The van der Waals surface area contributed by atoms with Crippen LogP contribution in [0.4, 0.5) is 0 Å². The van der Waals surface area contributed by atoms with Crippen molar-refractivity contribution in [2.24, 2.45) is 17.3 Å². The van der Waals surface area contributed by atoms with Crippen LogP contribution in [0.1, 0.15) is 31.7 Å². The van der Waals surface area contributed by atoms with Gasteiger partial charge in [-0.15, -0.1) is 0 Å². The summed E-state index contributed by atoms with van der Waals surface area (Å²) >= 11 is 0. The van der Waals surface area contributed by atoms with E-state index in [1.807, 2.05) is 12.1 Å². The van der Waals surface area contributed by atoms with Gasteiger partial charge in [0.2, 0.25) is 0 Å². The topological polar surface area (TPSA) is 35.5 Å². The minimum Gasteiger partial charge on any atom is -0.497 e. The molecule has 0 bridgehead atoms. The number of fused-ring (bicyclic) bond motifs is 5. The second-order valence-corrected chi connectivity index (χ2v) is 6.63. The molecule has 3 nitrogen and oxygen atoms in total. The van der Waals surface area contributed by atoms with Crippen molar-refractivity contribution >= 4 is 11.4 Å². The average molecular weight is 284 g/mol. The van der Waals surface area contributed by atoms with Crippen molar-refractivity contribution in [3.8, 4) is 11.5 Å². The molecule has 3 heteroatoms. The van der Waals surface area contributed by atoms with Crippen LogP contribution >= 0.6 is 0 Å². The lowest BCUT2D eigenvalue weighted by atomic mass is 9.63. The molecule has 3 atom stereocenters. The number of ketones is 1. The lowest BCUT2D eigenvalue weighted by Crippen LogP contribution is -2.40. The van der Waals surface area contributed by atoms with Gasteiger partial charge in [-0.1, -0.05) is 13.0 Å². The zero-order valence-electron chi connectivity index (χ0n) is 12.5. The average Bonchev–Trinajstić information content (AvgIpc) is 2.82. The van der Waals surface area contributed by atoms with Crippen LogP contribution in [0, 0.1) is 17.3 Å². The third-order valence-corrected chi connectivity index (χ3v) is 5.69. The highest BCUT2D eigenvalue weighted by Gasteiger charge is 2.52. The Labute approximate surface area is 124 Å². The zero-order valence-corrected chi connectivity index (χ0v) is 12.5. The Kier molecular flexibility index (Phi) is 2.69. The first kappa shape index (κ1) is 12.9. The number of rotatable bonds is 1. The van der Waals surface area contributed by atoms with Crippen molar-refractivity contribution in [3.05, 3.63) is 29.8 Å². The van der Waals surface area contributed by atoms with Gasteiger partial charge in [-0.2, -0.15) is 0 Å². The summed E-state index contributed by atoms with van der Waals surface area (Å²) < 4.78 is 11.3. The fraction of sp³-hybridized carbons (Fsp3) is 0.500. The summed E-state index contributed by atoms with van der Waals surface area (Å²) in [5, 5.41) is 0. The van der Waals surface area contributed by atoms with E-state index in [1.165, 1.54) is 11.1 Å². The van der Waals surface area contributed by atoms with Crippen molar-refractivity contribution in [3.63, 3.8) is 0 Å². The maximum Gasteiger partial charge on any atom is 0.139 e. The van der Waals surface area contributed by atoms with Crippen molar-refractivity contribution in [2.75, 3.05) is 13.7 Å². The van der Waals surface area contributed by atoms with Crippen LogP contribution in [0.5, 0.6) is 11.5 Å². The quantitative estimate of drug-likeness (QED) is 0.792. The maximum absolute atomic E-state index is 12.2. The fourth-order valence-corrected chi connectivity index (χ4v) is 4.38. The predicted octanol–water partition coefficient (Wildman–Crippen LogP) is 3.48. The van der Waals surface area contributed by atoms with E-state index < -0.39 is 0 Å². The van der Waals surface area contributed by atoms with Gasteiger partial charge in [0.1, 0.15) is 17.3 Å². The van der Waals surface area contributed by atoms with Gasteiger partial charge < -0.3 is 9.47 Å². The third-order valence-electron chi connectivity index (χ3n) is 5.69. The second-order valence-electron chi connectivity index (χ2n) is 6.63. The first-order chi connectivity index (χ1) is 10.1. The normalized spacial score (nSPS) is 33.4. The van der Waals surface area contributed by atoms with E-state index in [-0.39, 0.29) is 5.41 Å². The third kappa shape index (κ3) is 1.69. The lowest BCUT2D eigenvalue weighted by Gasteiger charge is -2.43. The highest BCUT2D eigenvalue weighted by molar-refractivity contribution is 5.89. The maximum atomic E-state index is 12.2. The zero-order chi connectivity index (χ0) is 14.6. The van der Waals surface area contributed by atoms with Gasteiger partial charge in [-0.05, 0) is 36.5 Å². The molecular formula is C18H20O3. The minimum atomic E-state index is -0.165. The Hall–Kier alpha value is -1.77. The summed E-state index contributed by atoms with van der Waals surface area (Å²) in [4.78, 5) is 12.2. The van der Waals surface area contributed by atoms with E-state index in [2.05, 4.69) is 19.1 Å². The molecule has 4 rings (SSSR count). The SMILES string of the molecule is COc1ccc2c(c1)OC[C@@H]1C2=CC[C@]2(C)C(=O)CC[C@@H]12. The summed E-state index contributed by atoms with van der Waals surface area (Å²) in [6.07, 6.45) is 4.88. The lowest BCUT2D eigenvalue weighted by molar-refractivity contribution is -0.127.